The first-order valence-electron chi connectivity index (χ1n) is 10.7. The zero-order valence-electron chi connectivity index (χ0n) is 17.6. The Morgan fingerprint density at radius 2 is 1.70 bits per heavy atom. The lowest BCUT2D eigenvalue weighted by atomic mass is 10.2. The Labute approximate surface area is 177 Å². The molecule has 1 unspecified atom stereocenters. The maximum Gasteiger partial charge on any atom is 0.275 e. The molecule has 2 aliphatic heterocycles. The molecule has 3 heterocycles. The van der Waals surface area contributed by atoms with Gasteiger partial charge in [0.05, 0.1) is 12.6 Å². The normalized spacial score (nSPS) is 19.8. The lowest BCUT2D eigenvalue weighted by Gasteiger charge is -2.35. The number of hydrogen-bond acceptors (Lipinski definition) is 7. The number of rotatable bonds is 6. The number of nitrogens with zero attached hydrogens (tertiary/aromatic N) is 5. The maximum absolute atomic E-state index is 12.8. The fourth-order valence-corrected chi connectivity index (χ4v) is 4.15. The highest BCUT2D eigenvalue weighted by Crippen LogP contribution is 2.17. The summed E-state index contributed by atoms with van der Waals surface area (Å²) in [5.41, 5.74) is 1.59. The highest BCUT2D eigenvalue weighted by molar-refractivity contribution is 5.92. The van der Waals surface area contributed by atoms with Crippen LogP contribution in [0.5, 0.6) is 0 Å². The molecule has 30 heavy (non-hydrogen) atoms. The Balaban J connectivity index is 1.26. The SMILES string of the molecule is CC(O)CN1CCN(Cc2nc(C(=O)N3CCN(c4ccccc4)CC3)co2)CC1. The molecule has 8 heteroatoms. The van der Waals surface area contributed by atoms with E-state index >= 15 is 0 Å². The number of aliphatic hydroxyl groups excluding tert-OH is 1. The molecule has 1 aromatic heterocycles. The van der Waals surface area contributed by atoms with E-state index in [9.17, 15) is 9.90 Å². The van der Waals surface area contributed by atoms with Crippen molar-refractivity contribution in [3.63, 3.8) is 0 Å². The van der Waals surface area contributed by atoms with Gasteiger partial charge in [-0.3, -0.25) is 14.6 Å². The van der Waals surface area contributed by atoms with Crippen LogP contribution in [0.3, 0.4) is 0 Å². The summed E-state index contributed by atoms with van der Waals surface area (Å²) in [5.74, 6) is 0.532. The van der Waals surface area contributed by atoms with Crippen LogP contribution in [0, 0.1) is 0 Å². The smallest absolute Gasteiger partial charge is 0.275 e. The number of amides is 1. The van der Waals surface area contributed by atoms with Crippen LogP contribution in [-0.2, 0) is 6.54 Å². The summed E-state index contributed by atoms with van der Waals surface area (Å²) in [6.45, 7) is 9.78. The zero-order chi connectivity index (χ0) is 20.9. The van der Waals surface area contributed by atoms with E-state index in [1.54, 1.807) is 0 Å². The molecular weight excluding hydrogens is 382 g/mol. The number of carbonyl (C=O) groups is 1. The lowest BCUT2D eigenvalue weighted by Crippen LogP contribution is -2.49. The first-order valence-corrected chi connectivity index (χ1v) is 10.7. The van der Waals surface area contributed by atoms with Crippen LogP contribution in [0.1, 0.15) is 23.3 Å². The molecule has 2 fully saturated rings. The van der Waals surface area contributed by atoms with Crippen molar-refractivity contribution in [2.24, 2.45) is 0 Å². The van der Waals surface area contributed by atoms with Gasteiger partial charge < -0.3 is 19.3 Å². The summed E-state index contributed by atoms with van der Waals surface area (Å²) in [6.07, 6.45) is 1.19. The van der Waals surface area contributed by atoms with E-state index in [0.29, 0.717) is 37.8 Å². The van der Waals surface area contributed by atoms with Crippen LogP contribution in [0.15, 0.2) is 41.0 Å². The van der Waals surface area contributed by atoms with Gasteiger partial charge in [0.2, 0.25) is 5.89 Å². The van der Waals surface area contributed by atoms with E-state index in [0.717, 1.165) is 39.3 Å². The molecular formula is C22H31N5O3. The summed E-state index contributed by atoms with van der Waals surface area (Å²) in [7, 11) is 0. The highest BCUT2D eigenvalue weighted by Gasteiger charge is 2.25. The Bertz CT molecular complexity index is 809. The molecule has 0 aliphatic carbocycles. The Kier molecular flexibility index (Phi) is 6.66. The van der Waals surface area contributed by atoms with E-state index in [1.165, 1.54) is 12.0 Å². The second kappa shape index (κ2) is 9.59. The minimum Gasteiger partial charge on any atom is -0.447 e. The van der Waals surface area contributed by atoms with Crippen LogP contribution in [0.25, 0.3) is 0 Å². The Morgan fingerprint density at radius 3 is 2.37 bits per heavy atom. The average molecular weight is 414 g/mol. The molecule has 2 aliphatic rings. The third kappa shape index (κ3) is 5.19. The molecule has 0 radical (unpaired) electrons. The molecule has 0 saturated carbocycles. The first-order chi connectivity index (χ1) is 14.6. The molecule has 1 amide bonds. The number of benzene rings is 1. The minimum atomic E-state index is -0.300. The molecule has 1 aromatic carbocycles. The van der Waals surface area contributed by atoms with Crippen LogP contribution < -0.4 is 4.90 Å². The van der Waals surface area contributed by atoms with Gasteiger partial charge in [0.15, 0.2) is 5.69 Å². The molecule has 8 nitrogen and oxygen atoms in total. The van der Waals surface area contributed by atoms with Crippen LogP contribution >= 0.6 is 0 Å². The standard InChI is InChI=1S/C22H31N5O3/c1-18(28)15-24-7-9-25(10-8-24)16-21-23-20(17-30-21)22(29)27-13-11-26(12-14-27)19-5-3-2-4-6-19/h2-6,17-18,28H,7-16H2,1H3. The van der Waals surface area contributed by atoms with Gasteiger partial charge in [-0.1, -0.05) is 18.2 Å². The topological polar surface area (TPSA) is 76.3 Å². The van der Waals surface area contributed by atoms with Crippen molar-refractivity contribution in [1.82, 2.24) is 19.7 Å². The van der Waals surface area contributed by atoms with Gasteiger partial charge in [-0.05, 0) is 19.1 Å². The third-order valence-electron chi connectivity index (χ3n) is 5.81. The van der Waals surface area contributed by atoms with Crippen LogP contribution in [-0.4, -0.2) is 95.7 Å². The van der Waals surface area contributed by atoms with Gasteiger partial charge in [0.25, 0.3) is 5.91 Å². The molecule has 1 N–H and O–H groups in total. The second-order valence-corrected chi connectivity index (χ2v) is 8.17. The first kappa shape index (κ1) is 20.8. The molecule has 162 valence electrons. The quantitative estimate of drug-likeness (QED) is 0.761. The van der Waals surface area contributed by atoms with E-state index < -0.39 is 0 Å². The summed E-state index contributed by atoms with van der Waals surface area (Å²) in [6, 6.07) is 10.3. The molecule has 1 atom stereocenters. The predicted octanol–water partition coefficient (Wildman–Crippen LogP) is 1.14. The Morgan fingerprint density at radius 1 is 1.03 bits per heavy atom. The van der Waals surface area contributed by atoms with E-state index in [2.05, 4.69) is 31.8 Å². The number of aliphatic hydroxyl groups is 1. The number of anilines is 1. The molecule has 2 saturated heterocycles. The number of hydrogen-bond donors (Lipinski definition) is 1. The molecule has 0 spiro atoms. The minimum absolute atomic E-state index is 0.0561. The van der Waals surface area contributed by atoms with E-state index in [-0.39, 0.29) is 12.0 Å². The largest absolute Gasteiger partial charge is 0.447 e. The molecule has 4 rings (SSSR count). The lowest BCUT2D eigenvalue weighted by molar-refractivity contribution is 0.0739. The van der Waals surface area contributed by atoms with Crippen molar-refractivity contribution in [3.05, 3.63) is 48.2 Å². The molecule has 0 bridgehead atoms. The van der Waals surface area contributed by atoms with Gasteiger partial charge in [0, 0.05) is 64.6 Å². The van der Waals surface area contributed by atoms with E-state index in [1.807, 2.05) is 30.0 Å². The number of oxazole rings is 1. The number of piperazine rings is 2. The summed E-state index contributed by atoms with van der Waals surface area (Å²) < 4.78 is 5.60. The fraction of sp³-hybridized carbons (Fsp3) is 0.545. The van der Waals surface area contributed by atoms with Crippen LogP contribution in [0.4, 0.5) is 5.69 Å². The number of β-amino-alcohol motifs (C(OH)–C–C–N with tert-alkyl or cyclic N) is 1. The van der Waals surface area contributed by atoms with Crippen LogP contribution in [0.2, 0.25) is 0 Å². The predicted molar refractivity (Wildman–Crippen MR) is 114 cm³/mol. The van der Waals surface area contributed by atoms with Crippen molar-refractivity contribution in [1.29, 1.82) is 0 Å². The maximum atomic E-state index is 12.8. The monoisotopic (exact) mass is 413 g/mol. The fourth-order valence-electron chi connectivity index (χ4n) is 4.15. The van der Waals surface area contributed by atoms with Crippen molar-refractivity contribution in [2.45, 2.75) is 19.6 Å². The van der Waals surface area contributed by atoms with Gasteiger partial charge in [0.1, 0.15) is 6.26 Å². The van der Waals surface area contributed by atoms with Gasteiger partial charge in [-0.25, -0.2) is 4.98 Å². The van der Waals surface area contributed by atoms with Crippen molar-refractivity contribution < 1.29 is 14.3 Å². The van der Waals surface area contributed by atoms with Crippen molar-refractivity contribution >= 4 is 11.6 Å². The van der Waals surface area contributed by atoms with Gasteiger partial charge >= 0.3 is 0 Å². The number of carbonyl (C=O) groups excluding carboxylic acids is 1. The zero-order valence-corrected chi connectivity index (χ0v) is 17.6. The van der Waals surface area contributed by atoms with Crippen molar-refractivity contribution in [2.75, 3.05) is 63.8 Å². The summed E-state index contributed by atoms with van der Waals surface area (Å²) in [4.78, 5) is 26.0. The van der Waals surface area contributed by atoms with E-state index in [4.69, 9.17) is 4.42 Å². The summed E-state index contributed by atoms with van der Waals surface area (Å²) in [5, 5.41) is 9.52. The molecule has 2 aromatic rings. The highest BCUT2D eigenvalue weighted by atomic mass is 16.3. The number of aromatic nitrogens is 1. The average Bonchev–Trinajstić information content (AvgIpc) is 3.23. The second-order valence-electron chi connectivity index (χ2n) is 8.17. The van der Waals surface area contributed by atoms with Crippen molar-refractivity contribution in [3.8, 4) is 0 Å². The summed E-state index contributed by atoms with van der Waals surface area (Å²) >= 11 is 0. The Hall–Kier alpha value is -2.42. The van der Waals surface area contributed by atoms with Gasteiger partial charge in [-0.15, -0.1) is 0 Å². The third-order valence-corrected chi connectivity index (χ3v) is 5.81. The number of para-hydroxylation sites is 1. The van der Waals surface area contributed by atoms with Gasteiger partial charge in [-0.2, -0.15) is 0 Å².